The summed E-state index contributed by atoms with van der Waals surface area (Å²) < 4.78 is 46.5. The number of ether oxygens (including phenoxy) is 1. The molecule has 1 saturated heterocycles. The Kier molecular flexibility index (Phi) is 6.02. The highest BCUT2D eigenvalue weighted by Crippen LogP contribution is 2.33. The number of aromatic nitrogens is 2. The van der Waals surface area contributed by atoms with Crippen LogP contribution in [0, 0.1) is 0 Å². The molecule has 3 heterocycles. The molecule has 0 radical (unpaired) electrons. The number of aliphatic hydroxyl groups excluding tert-OH is 1. The summed E-state index contributed by atoms with van der Waals surface area (Å²) in [6.07, 6.45) is -2.30. The number of hydrogen-bond donors (Lipinski definition) is 1. The predicted molar refractivity (Wildman–Crippen MR) is 107 cm³/mol. The maximum Gasteiger partial charge on any atom is 0.433 e. The van der Waals surface area contributed by atoms with Crippen LogP contribution in [0.15, 0.2) is 18.2 Å². The van der Waals surface area contributed by atoms with E-state index in [1.807, 2.05) is 0 Å². The molecule has 2 aromatic rings. The van der Waals surface area contributed by atoms with Gasteiger partial charge in [0.1, 0.15) is 18.0 Å². The Morgan fingerprint density at radius 3 is 2.53 bits per heavy atom. The van der Waals surface area contributed by atoms with E-state index >= 15 is 0 Å². The van der Waals surface area contributed by atoms with Gasteiger partial charge in [-0.25, -0.2) is 4.52 Å². The quantitative estimate of drug-likeness (QED) is 0.767. The lowest BCUT2D eigenvalue weighted by Gasteiger charge is -2.41. The number of rotatable bonds is 4. The van der Waals surface area contributed by atoms with Gasteiger partial charge in [0.15, 0.2) is 5.69 Å². The molecular formula is C21H25F3N4O4. The monoisotopic (exact) mass is 454 g/mol. The van der Waals surface area contributed by atoms with Crippen molar-refractivity contribution in [3.63, 3.8) is 0 Å². The highest BCUT2D eigenvalue weighted by atomic mass is 19.4. The first kappa shape index (κ1) is 22.4. The van der Waals surface area contributed by atoms with Gasteiger partial charge in [0.2, 0.25) is 5.91 Å². The summed E-state index contributed by atoms with van der Waals surface area (Å²) in [5.41, 5.74) is -1.12. The van der Waals surface area contributed by atoms with E-state index in [2.05, 4.69) is 5.10 Å². The number of carbonyl (C=O) groups is 2. The lowest BCUT2D eigenvalue weighted by atomic mass is 9.91. The van der Waals surface area contributed by atoms with Gasteiger partial charge in [-0.3, -0.25) is 9.59 Å². The molecule has 0 aromatic carbocycles. The summed E-state index contributed by atoms with van der Waals surface area (Å²) >= 11 is 0. The van der Waals surface area contributed by atoms with E-state index < -0.39 is 17.8 Å². The standard InChI is InChI=1S/C21H25F3N4O4/c1-2-32-16-9-14-10-17(25-28(14)18(11-16)21(22,23)24)20(31)26-7-8-27(19(30)12-26)13-3-5-15(29)6-4-13/h9-11,13,15,29H,2-8,12H2,1H3/t13-,15-. The number of amides is 2. The van der Waals surface area contributed by atoms with Gasteiger partial charge in [0.25, 0.3) is 5.91 Å². The Morgan fingerprint density at radius 2 is 1.91 bits per heavy atom. The van der Waals surface area contributed by atoms with E-state index in [9.17, 15) is 27.9 Å². The molecular weight excluding hydrogens is 429 g/mol. The molecule has 0 spiro atoms. The first-order valence-electron chi connectivity index (χ1n) is 10.7. The SMILES string of the molecule is CCOc1cc(C(F)(F)F)n2nc(C(=O)N3CCN([C@H]4CC[C@H](O)CC4)C(=O)C3)cc2c1. The summed E-state index contributed by atoms with van der Waals surface area (Å²) in [6.45, 7) is 2.32. The molecule has 0 unspecified atom stereocenters. The van der Waals surface area contributed by atoms with Crippen molar-refractivity contribution in [3.8, 4) is 5.75 Å². The van der Waals surface area contributed by atoms with Crippen LogP contribution in [0.4, 0.5) is 13.2 Å². The lowest BCUT2D eigenvalue weighted by Crippen LogP contribution is -2.56. The third-order valence-electron chi connectivity index (χ3n) is 6.01. The van der Waals surface area contributed by atoms with Gasteiger partial charge in [-0.1, -0.05) is 0 Å². The van der Waals surface area contributed by atoms with Crippen LogP contribution in [0.3, 0.4) is 0 Å². The van der Waals surface area contributed by atoms with Gasteiger partial charge in [-0.15, -0.1) is 0 Å². The van der Waals surface area contributed by atoms with Crippen LogP contribution >= 0.6 is 0 Å². The summed E-state index contributed by atoms with van der Waals surface area (Å²) in [4.78, 5) is 28.7. The van der Waals surface area contributed by atoms with E-state index in [4.69, 9.17) is 4.74 Å². The third kappa shape index (κ3) is 4.38. The molecule has 0 bridgehead atoms. The number of alkyl halides is 3. The second-order valence-corrected chi connectivity index (χ2v) is 8.15. The van der Waals surface area contributed by atoms with E-state index in [1.54, 1.807) is 11.8 Å². The molecule has 1 aliphatic heterocycles. The van der Waals surface area contributed by atoms with Crippen LogP contribution in [0.5, 0.6) is 5.75 Å². The number of pyridine rings is 1. The molecule has 11 heteroatoms. The molecule has 2 aliphatic rings. The minimum atomic E-state index is -4.69. The number of fused-ring (bicyclic) bond motifs is 1. The fourth-order valence-electron chi connectivity index (χ4n) is 4.41. The molecule has 8 nitrogen and oxygen atoms in total. The summed E-state index contributed by atoms with van der Waals surface area (Å²) in [5, 5.41) is 13.6. The average molecular weight is 454 g/mol. The molecule has 2 aromatic heterocycles. The fourth-order valence-corrected chi connectivity index (χ4v) is 4.41. The maximum atomic E-state index is 13.5. The highest BCUT2D eigenvalue weighted by Gasteiger charge is 2.37. The number of piperazine rings is 1. The van der Waals surface area contributed by atoms with Crippen molar-refractivity contribution < 1.29 is 32.6 Å². The molecule has 0 atom stereocenters. The third-order valence-corrected chi connectivity index (χ3v) is 6.01. The average Bonchev–Trinajstić information content (AvgIpc) is 3.17. The van der Waals surface area contributed by atoms with Crippen molar-refractivity contribution in [2.75, 3.05) is 26.2 Å². The van der Waals surface area contributed by atoms with Gasteiger partial charge in [0.05, 0.1) is 18.2 Å². The lowest BCUT2D eigenvalue weighted by molar-refractivity contribution is -0.142. The van der Waals surface area contributed by atoms with E-state index in [-0.39, 0.29) is 54.7 Å². The zero-order chi connectivity index (χ0) is 23.0. The Morgan fingerprint density at radius 1 is 1.19 bits per heavy atom. The van der Waals surface area contributed by atoms with Gasteiger partial charge < -0.3 is 19.6 Å². The molecule has 174 valence electrons. The fraction of sp³-hybridized carbons (Fsp3) is 0.571. The van der Waals surface area contributed by atoms with Crippen LogP contribution in [0.1, 0.15) is 48.8 Å². The molecule has 2 amide bonds. The van der Waals surface area contributed by atoms with E-state index in [0.717, 1.165) is 18.9 Å². The molecule has 1 N–H and O–H groups in total. The van der Waals surface area contributed by atoms with Crippen molar-refractivity contribution in [1.82, 2.24) is 19.4 Å². The Bertz CT molecular complexity index is 1010. The van der Waals surface area contributed by atoms with Gasteiger partial charge in [-0.2, -0.15) is 18.3 Å². The molecule has 32 heavy (non-hydrogen) atoms. The minimum Gasteiger partial charge on any atom is -0.494 e. The second-order valence-electron chi connectivity index (χ2n) is 8.15. The predicted octanol–water partition coefficient (Wildman–Crippen LogP) is 2.34. The number of nitrogens with zero attached hydrogens (tertiary/aromatic N) is 4. The van der Waals surface area contributed by atoms with Crippen LogP contribution in [-0.2, 0) is 11.0 Å². The van der Waals surface area contributed by atoms with Gasteiger partial charge in [0, 0.05) is 31.3 Å². The van der Waals surface area contributed by atoms with Crippen molar-refractivity contribution in [1.29, 1.82) is 0 Å². The first-order valence-corrected chi connectivity index (χ1v) is 10.7. The number of aliphatic hydroxyl groups is 1. The number of hydrogen-bond acceptors (Lipinski definition) is 5. The summed E-state index contributed by atoms with van der Waals surface area (Å²) in [6, 6.07) is 3.56. The van der Waals surface area contributed by atoms with Crippen molar-refractivity contribution >= 4 is 17.3 Å². The van der Waals surface area contributed by atoms with Gasteiger partial charge in [-0.05, 0) is 38.7 Å². The van der Waals surface area contributed by atoms with Crippen molar-refractivity contribution in [2.45, 2.75) is 50.9 Å². The van der Waals surface area contributed by atoms with Crippen molar-refractivity contribution in [2.24, 2.45) is 0 Å². The largest absolute Gasteiger partial charge is 0.494 e. The zero-order valence-corrected chi connectivity index (χ0v) is 17.6. The first-order chi connectivity index (χ1) is 15.2. The number of halogens is 3. The molecule has 4 rings (SSSR count). The van der Waals surface area contributed by atoms with Gasteiger partial charge >= 0.3 is 6.18 Å². The topological polar surface area (TPSA) is 87.4 Å². The smallest absolute Gasteiger partial charge is 0.433 e. The second kappa shape index (κ2) is 8.61. The van der Waals surface area contributed by atoms with E-state index in [1.165, 1.54) is 17.0 Å². The Labute approximate surface area is 182 Å². The molecule has 1 saturated carbocycles. The van der Waals surface area contributed by atoms with Crippen LogP contribution in [0.2, 0.25) is 0 Å². The normalized spacial score (nSPS) is 22.5. The molecule has 2 fully saturated rings. The maximum absolute atomic E-state index is 13.5. The zero-order valence-electron chi connectivity index (χ0n) is 17.6. The molecule has 1 aliphatic carbocycles. The highest BCUT2D eigenvalue weighted by molar-refractivity contribution is 5.96. The van der Waals surface area contributed by atoms with Crippen molar-refractivity contribution in [3.05, 3.63) is 29.6 Å². The minimum absolute atomic E-state index is 0.0348. The summed E-state index contributed by atoms with van der Waals surface area (Å²) in [5.74, 6) is -0.760. The van der Waals surface area contributed by atoms with Crippen LogP contribution < -0.4 is 4.74 Å². The number of carbonyl (C=O) groups excluding carboxylic acids is 2. The Hall–Kier alpha value is -2.82. The Balaban J connectivity index is 1.53. The van der Waals surface area contributed by atoms with Crippen LogP contribution in [-0.4, -0.2) is 74.7 Å². The van der Waals surface area contributed by atoms with E-state index in [0.29, 0.717) is 23.9 Å². The van der Waals surface area contributed by atoms with Crippen LogP contribution in [0.25, 0.3) is 5.52 Å². The summed E-state index contributed by atoms with van der Waals surface area (Å²) in [7, 11) is 0.